The van der Waals surface area contributed by atoms with E-state index in [0.717, 1.165) is 48.0 Å². The van der Waals surface area contributed by atoms with Gasteiger partial charge in [0, 0.05) is 23.9 Å². The minimum absolute atomic E-state index is 0.0883. The van der Waals surface area contributed by atoms with Gasteiger partial charge in [-0.2, -0.15) is 0 Å². The summed E-state index contributed by atoms with van der Waals surface area (Å²) in [6.45, 7) is 6.28. The topological polar surface area (TPSA) is 67.5 Å². The van der Waals surface area contributed by atoms with Gasteiger partial charge in [0.2, 0.25) is 5.91 Å². The highest BCUT2D eigenvalue weighted by atomic mass is 16.3. The first-order valence-electron chi connectivity index (χ1n) is 11.7. The van der Waals surface area contributed by atoms with Crippen LogP contribution >= 0.6 is 0 Å². The Hall–Kier alpha value is -3.02. The number of aromatic nitrogens is 1. The summed E-state index contributed by atoms with van der Waals surface area (Å²) in [5.74, 6) is -0.260. The molecule has 0 radical (unpaired) electrons. The van der Waals surface area contributed by atoms with Gasteiger partial charge in [0.15, 0.2) is 5.58 Å². The van der Waals surface area contributed by atoms with E-state index in [9.17, 15) is 9.59 Å². The summed E-state index contributed by atoms with van der Waals surface area (Å²) in [4.78, 5) is 29.5. The van der Waals surface area contributed by atoms with Gasteiger partial charge in [0.05, 0.1) is 18.3 Å². The lowest BCUT2D eigenvalue weighted by Gasteiger charge is -2.45. The number of hydrogen-bond donors (Lipinski definition) is 1. The van der Waals surface area contributed by atoms with Gasteiger partial charge < -0.3 is 14.3 Å². The molecule has 1 atom stereocenters. The van der Waals surface area contributed by atoms with Crippen molar-refractivity contribution in [2.45, 2.75) is 77.4 Å². The van der Waals surface area contributed by atoms with Gasteiger partial charge in [0.1, 0.15) is 11.2 Å². The second kappa shape index (κ2) is 7.84. The first kappa shape index (κ1) is 20.9. The number of carbonyl (C=O) groups excluding carboxylic acids is 2. The predicted molar refractivity (Wildman–Crippen MR) is 125 cm³/mol. The van der Waals surface area contributed by atoms with Crippen molar-refractivity contribution in [3.05, 3.63) is 53.4 Å². The Labute approximate surface area is 188 Å². The lowest BCUT2D eigenvalue weighted by atomic mass is 9.91. The number of furan rings is 1. The number of nitrogens with one attached hydrogen (secondary N) is 1. The molecule has 0 saturated heterocycles. The van der Waals surface area contributed by atoms with E-state index in [2.05, 4.69) is 5.32 Å². The summed E-state index contributed by atoms with van der Waals surface area (Å²) < 4.78 is 7.51. The lowest BCUT2D eigenvalue weighted by molar-refractivity contribution is -0.127. The summed E-state index contributed by atoms with van der Waals surface area (Å²) in [6, 6.07) is 9.87. The second-order valence-electron chi connectivity index (χ2n) is 9.65. The van der Waals surface area contributed by atoms with E-state index in [1.807, 2.05) is 49.6 Å². The van der Waals surface area contributed by atoms with Gasteiger partial charge >= 0.3 is 0 Å². The number of fused-ring (bicyclic) bond motifs is 3. The van der Waals surface area contributed by atoms with Crippen LogP contribution in [0.15, 0.2) is 41.0 Å². The molecule has 3 heterocycles. The number of aryl methyl sites for hydroxylation is 2. The van der Waals surface area contributed by atoms with Crippen molar-refractivity contribution in [2.75, 3.05) is 4.90 Å². The molecule has 2 amide bonds. The molecule has 1 aliphatic carbocycles. The van der Waals surface area contributed by atoms with E-state index >= 15 is 0 Å². The largest absolute Gasteiger partial charge is 0.463 e. The SMILES string of the molecule is Cc1ccc(C)c(N2C(=O)c3cc4occc4n3C[C@]2(C)C(=O)NC2CCCCCC2)c1. The average molecular weight is 434 g/mol. The van der Waals surface area contributed by atoms with Crippen molar-refractivity contribution in [3.8, 4) is 0 Å². The van der Waals surface area contributed by atoms with Gasteiger partial charge in [-0.1, -0.05) is 37.8 Å². The Balaban J connectivity index is 1.61. The highest BCUT2D eigenvalue weighted by Gasteiger charge is 2.49. The van der Waals surface area contributed by atoms with Crippen LogP contribution in [0.2, 0.25) is 0 Å². The molecule has 1 fully saturated rings. The average Bonchev–Trinajstić information content (AvgIpc) is 3.25. The van der Waals surface area contributed by atoms with Crippen LogP contribution in [0.25, 0.3) is 11.1 Å². The molecule has 1 aromatic carbocycles. The molecule has 3 aromatic rings. The molecule has 0 bridgehead atoms. The smallest absolute Gasteiger partial charge is 0.276 e. The normalized spacial score (nSPS) is 22.1. The third-order valence-electron chi connectivity index (χ3n) is 7.19. The fraction of sp³-hybridized carbons (Fsp3) is 0.462. The van der Waals surface area contributed by atoms with Crippen molar-refractivity contribution < 1.29 is 14.0 Å². The minimum atomic E-state index is -1.06. The van der Waals surface area contributed by atoms with Gasteiger partial charge in [-0.05, 0) is 50.8 Å². The molecule has 0 unspecified atom stereocenters. The summed E-state index contributed by atoms with van der Waals surface area (Å²) in [7, 11) is 0. The Morgan fingerprint density at radius 3 is 2.59 bits per heavy atom. The minimum Gasteiger partial charge on any atom is -0.463 e. The molecular weight excluding hydrogens is 402 g/mol. The number of hydrogen-bond acceptors (Lipinski definition) is 3. The number of nitrogens with zero attached hydrogens (tertiary/aromatic N) is 2. The van der Waals surface area contributed by atoms with Crippen LogP contribution in [0.3, 0.4) is 0 Å². The van der Waals surface area contributed by atoms with Crippen molar-refractivity contribution in [1.82, 2.24) is 9.88 Å². The predicted octanol–water partition coefficient (Wildman–Crippen LogP) is 5.11. The molecule has 6 heteroatoms. The van der Waals surface area contributed by atoms with E-state index in [-0.39, 0.29) is 17.9 Å². The molecule has 2 aromatic heterocycles. The quantitative estimate of drug-likeness (QED) is 0.584. The monoisotopic (exact) mass is 433 g/mol. The van der Waals surface area contributed by atoms with Crippen LogP contribution in [0, 0.1) is 13.8 Å². The van der Waals surface area contributed by atoms with Crippen LogP contribution in [-0.4, -0.2) is 28.0 Å². The van der Waals surface area contributed by atoms with Crippen LogP contribution in [-0.2, 0) is 11.3 Å². The third kappa shape index (κ3) is 3.33. The zero-order valence-corrected chi connectivity index (χ0v) is 19.1. The fourth-order valence-corrected chi connectivity index (χ4v) is 5.32. The molecule has 5 rings (SSSR count). The molecule has 32 heavy (non-hydrogen) atoms. The highest BCUT2D eigenvalue weighted by Crippen LogP contribution is 2.38. The van der Waals surface area contributed by atoms with Gasteiger partial charge in [-0.25, -0.2) is 0 Å². The number of amides is 2. The van der Waals surface area contributed by atoms with Crippen molar-refractivity contribution >= 4 is 28.6 Å². The van der Waals surface area contributed by atoms with Crippen molar-refractivity contribution in [3.63, 3.8) is 0 Å². The number of anilines is 1. The number of rotatable bonds is 3. The van der Waals surface area contributed by atoms with E-state index in [4.69, 9.17) is 4.42 Å². The summed E-state index contributed by atoms with van der Waals surface area (Å²) in [5.41, 5.74) is 3.83. The van der Waals surface area contributed by atoms with E-state index < -0.39 is 5.54 Å². The molecule has 6 nitrogen and oxygen atoms in total. The van der Waals surface area contributed by atoms with Gasteiger partial charge in [0.25, 0.3) is 5.91 Å². The number of carbonyl (C=O) groups is 2. The van der Waals surface area contributed by atoms with Crippen molar-refractivity contribution in [2.24, 2.45) is 0 Å². The maximum atomic E-state index is 13.9. The molecule has 2 aliphatic rings. The molecule has 1 saturated carbocycles. The standard InChI is InChI=1S/C26H31N3O3/c1-17-10-11-18(2)21(14-17)29-24(30)22-15-23-20(12-13-32-23)28(22)16-26(29,3)25(31)27-19-8-6-4-5-7-9-19/h10-15,19H,4-9,16H2,1-3H3,(H,27,31)/t26-/m1/s1. The van der Waals surface area contributed by atoms with E-state index in [1.54, 1.807) is 17.2 Å². The second-order valence-corrected chi connectivity index (χ2v) is 9.65. The summed E-state index contributed by atoms with van der Waals surface area (Å²) in [6.07, 6.45) is 8.35. The summed E-state index contributed by atoms with van der Waals surface area (Å²) in [5, 5.41) is 3.32. The maximum absolute atomic E-state index is 13.9. The fourth-order valence-electron chi connectivity index (χ4n) is 5.32. The van der Waals surface area contributed by atoms with Crippen LogP contribution in [0.5, 0.6) is 0 Å². The van der Waals surface area contributed by atoms with E-state index in [0.29, 0.717) is 17.8 Å². The summed E-state index contributed by atoms with van der Waals surface area (Å²) >= 11 is 0. The molecular formula is C26H31N3O3. The molecule has 1 N–H and O–H groups in total. The Bertz CT molecular complexity index is 1180. The van der Waals surface area contributed by atoms with Crippen LogP contribution in [0.4, 0.5) is 5.69 Å². The number of benzene rings is 1. The lowest BCUT2D eigenvalue weighted by Crippen LogP contribution is -2.65. The zero-order chi connectivity index (χ0) is 22.5. The third-order valence-corrected chi connectivity index (χ3v) is 7.19. The molecule has 168 valence electrons. The van der Waals surface area contributed by atoms with Gasteiger partial charge in [-0.3, -0.25) is 14.5 Å². The first-order chi connectivity index (χ1) is 15.4. The Morgan fingerprint density at radius 2 is 1.84 bits per heavy atom. The first-order valence-corrected chi connectivity index (χ1v) is 11.7. The van der Waals surface area contributed by atoms with Crippen molar-refractivity contribution in [1.29, 1.82) is 0 Å². The molecule has 1 aliphatic heterocycles. The highest BCUT2D eigenvalue weighted by molar-refractivity contribution is 6.14. The molecule has 0 spiro atoms. The van der Waals surface area contributed by atoms with E-state index in [1.165, 1.54) is 12.8 Å². The zero-order valence-electron chi connectivity index (χ0n) is 19.1. The maximum Gasteiger partial charge on any atom is 0.276 e. The Morgan fingerprint density at radius 1 is 1.09 bits per heavy atom. The van der Waals surface area contributed by atoms with Crippen LogP contribution < -0.4 is 10.2 Å². The van der Waals surface area contributed by atoms with Gasteiger partial charge in [-0.15, -0.1) is 0 Å². The van der Waals surface area contributed by atoms with Crippen LogP contribution in [0.1, 0.15) is 67.1 Å². The Kier molecular flexibility index (Phi) is 5.11.